The molecule has 9 heteroatoms. The van der Waals surface area contributed by atoms with Crippen molar-refractivity contribution < 1.29 is 25.6 Å². The molecule has 0 bridgehead atoms. The van der Waals surface area contributed by atoms with Crippen LogP contribution in [-0.2, 0) is 27.6 Å². The number of aromatic nitrogens is 3. The van der Waals surface area contributed by atoms with Crippen molar-refractivity contribution in [2.75, 3.05) is 0 Å². The third-order valence-electron chi connectivity index (χ3n) is 3.98. The molecule has 153 valence electrons. The monoisotopic (exact) mass is 670 g/mol. The summed E-state index contributed by atoms with van der Waals surface area (Å²) < 4.78 is 13.0. The molecule has 0 fully saturated rings. The molecule has 0 amide bonds. The molecule has 0 aliphatic rings. The molecule has 0 aromatic carbocycles. The van der Waals surface area contributed by atoms with E-state index in [2.05, 4.69) is 96.7 Å². The molecule has 3 aromatic heterocycles. The molecular weight excluding hydrogens is 650 g/mol. The van der Waals surface area contributed by atoms with E-state index < -0.39 is 0 Å². The maximum atomic E-state index is 6.59. The first-order chi connectivity index (χ1) is 12.4. The van der Waals surface area contributed by atoms with E-state index in [-0.39, 0.29) is 27.6 Å². The zero-order valence-corrected chi connectivity index (χ0v) is 22.4. The molecule has 0 saturated carbocycles. The fraction of sp³-hybridized carbons (Fsp3) is 0.421. The predicted molar refractivity (Wildman–Crippen MR) is 123 cm³/mol. The summed E-state index contributed by atoms with van der Waals surface area (Å²) in [6.07, 6.45) is 3.34. The van der Waals surface area contributed by atoms with Crippen LogP contribution in [0.25, 0.3) is 23.2 Å². The van der Waals surface area contributed by atoms with E-state index in [4.69, 9.17) is 25.4 Å². The maximum absolute atomic E-state index is 6.59. The Labute approximate surface area is 207 Å². The van der Waals surface area contributed by atoms with E-state index in [0.717, 1.165) is 18.5 Å². The Morgan fingerprint density at radius 1 is 0.750 bits per heavy atom. The number of pyridine rings is 1. The summed E-state index contributed by atoms with van der Waals surface area (Å²) >= 11 is 10.9. The zero-order valence-electron chi connectivity index (χ0n) is 16.3. The van der Waals surface area contributed by atoms with Crippen LogP contribution in [0.3, 0.4) is 0 Å². The van der Waals surface area contributed by atoms with Crippen LogP contribution in [0.5, 0.6) is 0 Å². The van der Waals surface area contributed by atoms with E-state index in [0.29, 0.717) is 28.2 Å². The second-order valence-corrected chi connectivity index (χ2v) is 10.9. The van der Waals surface area contributed by atoms with Crippen molar-refractivity contribution in [3.63, 3.8) is 0 Å². The molecule has 3 aromatic rings. The van der Waals surface area contributed by atoms with Crippen LogP contribution in [0.2, 0.25) is 5.02 Å². The Balaban J connectivity index is 0.00000280. The molecule has 0 aliphatic carbocycles. The van der Waals surface area contributed by atoms with Crippen LogP contribution in [0.15, 0.2) is 21.4 Å². The SMILES string of the molecule is CC(C)(C)c1coc(-c2nc(-c3nc(C(C)(C)C)co3)c(I)c(Cl)c2I)n1.[Co]. The van der Waals surface area contributed by atoms with Crippen molar-refractivity contribution in [2.45, 2.75) is 52.4 Å². The van der Waals surface area contributed by atoms with Gasteiger partial charge in [0, 0.05) is 27.6 Å². The van der Waals surface area contributed by atoms with Gasteiger partial charge < -0.3 is 8.83 Å². The van der Waals surface area contributed by atoms with Gasteiger partial charge in [0.15, 0.2) is 0 Å². The summed E-state index contributed by atoms with van der Waals surface area (Å²) in [5.41, 5.74) is 2.65. The number of halogens is 3. The number of hydrogen-bond donors (Lipinski definition) is 0. The van der Waals surface area contributed by atoms with E-state index in [1.165, 1.54) is 0 Å². The molecule has 3 rings (SSSR count). The first kappa shape index (κ1) is 24.1. The Morgan fingerprint density at radius 3 is 1.39 bits per heavy atom. The molecule has 0 aliphatic heterocycles. The van der Waals surface area contributed by atoms with E-state index in [9.17, 15) is 0 Å². The first-order valence-corrected chi connectivity index (χ1v) is 10.9. The smallest absolute Gasteiger partial charge is 0.246 e. The average Bonchev–Trinajstić information content (AvgIpc) is 3.21. The van der Waals surface area contributed by atoms with Gasteiger partial charge in [0.1, 0.15) is 23.9 Å². The van der Waals surface area contributed by atoms with Gasteiger partial charge in [-0.05, 0) is 45.2 Å². The van der Waals surface area contributed by atoms with Crippen LogP contribution >= 0.6 is 56.8 Å². The van der Waals surface area contributed by atoms with Crippen LogP contribution in [-0.4, -0.2) is 15.0 Å². The molecule has 0 saturated heterocycles. The van der Waals surface area contributed by atoms with Crippen LogP contribution < -0.4 is 0 Å². The summed E-state index contributed by atoms with van der Waals surface area (Å²) in [4.78, 5) is 14.0. The van der Waals surface area contributed by atoms with E-state index in [1.807, 2.05) is 0 Å². The normalized spacial score (nSPS) is 12.2. The van der Waals surface area contributed by atoms with Crippen molar-refractivity contribution in [1.29, 1.82) is 0 Å². The second kappa shape index (κ2) is 8.52. The summed E-state index contributed by atoms with van der Waals surface area (Å²) in [6.45, 7) is 12.5. The van der Waals surface area contributed by atoms with Crippen molar-refractivity contribution in [2.24, 2.45) is 0 Å². The molecular formula is C19H20ClCoI2N3O2. The topological polar surface area (TPSA) is 65.0 Å². The summed E-state index contributed by atoms with van der Waals surface area (Å²) in [7, 11) is 0. The van der Waals surface area contributed by atoms with Gasteiger partial charge in [0.05, 0.1) is 23.6 Å². The van der Waals surface area contributed by atoms with E-state index >= 15 is 0 Å². The van der Waals surface area contributed by atoms with Crippen molar-refractivity contribution >= 4 is 56.8 Å². The third-order valence-corrected chi connectivity index (χ3v) is 7.09. The zero-order chi connectivity index (χ0) is 20.1. The van der Waals surface area contributed by atoms with Crippen molar-refractivity contribution in [3.8, 4) is 23.2 Å². The molecule has 0 unspecified atom stereocenters. The van der Waals surface area contributed by atoms with E-state index in [1.54, 1.807) is 12.5 Å². The number of oxazole rings is 2. The number of hydrogen-bond acceptors (Lipinski definition) is 5. The first-order valence-electron chi connectivity index (χ1n) is 8.37. The fourth-order valence-electron chi connectivity index (χ4n) is 2.25. The van der Waals surface area contributed by atoms with Gasteiger partial charge in [-0.15, -0.1) is 0 Å². The minimum atomic E-state index is -0.118. The summed E-state index contributed by atoms with van der Waals surface area (Å²) in [5, 5.41) is 0.585. The maximum Gasteiger partial charge on any atom is 0.246 e. The Morgan fingerprint density at radius 2 is 1.11 bits per heavy atom. The second-order valence-electron chi connectivity index (χ2n) is 8.33. The largest absolute Gasteiger partial charge is 0.443 e. The average molecular weight is 671 g/mol. The van der Waals surface area contributed by atoms with Crippen LogP contribution in [0.4, 0.5) is 0 Å². The minimum absolute atomic E-state index is 0. The van der Waals surface area contributed by atoms with Gasteiger partial charge >= 0.3 is 0 Å². The molecule has 5 nitrogen and oxygen atoms in total. The van der Waals surface area contributed by atoms with Crippen LogP contribution in [0, 0.1) is 7.14 Å². The molecule has 0 spiro atoms. The van der Waals surface area contributed by atoms with Crippen LogP contribution in [0.1, 0.15) is 52.9 Å². The Hall–Kier alpha value is -0.174. The Bertz CT molecular complexity index is 927. The summed E-state index contributed by atoms with van der Waals surface area (Å²) in [6, 6.07) is 0. The quantitative estimate of drug-likeness (QED) is 0.280. The van der Waals surface area contributed by atoms with Crippen molar-refractivity contribution in [3.05, 3.63) is 36.1 Å². The molecule has 0 atom stereocenters. The van der Waals surface area contributed by atoms with Gasteiger partial charge in [0.2, 0.25) is 11.8 Å². The van der Waals surface area contributed by atoms with Gasteiger partial charge in [-0.1, -0.05) is 53.1 Å². The van der Waals surface area contributed by atoms with Gasteiger partial charge in [-0.3, -0.25) is 0 Å². The minimum Gasteiger partial charge on any atom is -0.443 e. The molecule has 1 radical (unpaired) electrons. The van der Waals surface area contributed by atoms with Gasteiger partial charge in [0.25, 0.3) is 0 Å². The van der Waals surface area contributed by atoms with Crippen molar-refractivity contribution in [1.82, 2.24) is 15.0 Å². The number of rotatable bonds is 2. The Kier molecular flexibility index (Phi) is 7.33. The number of nitrogens with zero attached hydrogens (tertiary/aromatic N) is 3. The standard InChI is InChI=1S/C19H20ClI2N3O2.Co/c1-18(2,3)9-7-26-16(23-9)14-12(21)11(20)13(22)15(25-14)17-24-10(8-27-17)19(4,5)6;/h7-8H,1-6H3;. The third kappa shape index (κ3) is 4.76. The predicted octanol–water partition coefficient (Wildman–Crippen LogP) is 6.85. The molecule has 3 heterocycles. The summed E-state index contributed by atoms with van der Waals surface area (Å²) in [5.74, 6) is 0.873. The molecule has 0 N–H and O–H groups in total. The van der Waals surface area contributed by atoms with Gasteiger partial charge in [-0.2, -0.15) is 0 Å². The van der Waals surface area contributed by atoms with Gasteiger partial charge in [-0.25, -0.2) is 15.0 Å². The molecule has 28 heavy (non-hydrogen) atoms. The fourth-order valence-corrected chi connectivity index (χ4v) is 4.19.